The molecule has 0 saturated heterocycles. The Hall–Kier alpha value is -1.95. The number of aryl methyl sites for hydroxylation is 1. The van der Waals surface area contributed by atoms with Crippen molar-refractivity contribution in [2.24, 2.45) is 11.8 Å². The Morgan fingerprint density at radius 3 is 2.64 bits per heavy atom. The summed E-state index contributed by atoms with van der Waals surface area (Å²) < 4.78 is 5.27. The molecule has 6 heteroatoms. The van der Waals surface area contributed by atoms with Crippen LogP contribution in [-0.2, 0) is 0 Å². The molecule has 2 aromatic heterocycles. The zero-order chi connectivity index (χ0) is 18.6. The second-order valence-electron chi connectivity index (χ2n) is 7.42. The SMILES string of the molecule is Cc1noc2nc(C(C)C)cc(C(=O)NCC(CCO)CC(C)C)c12. The minimum Gasteiger partial charge on any atom is -0.396 e. The Balaban J connectivity index is 2.24. The third kappa shape index (κ3) is 4.78. The van der Waals surface area contributed by atoms with E-state index in [4.69, 9.17) is 4.52 Å². The van der Waals surface area contributed by atoms with E-state index in [9.17, 15) is 9.90 Å². The monoisotopic (exact) mass is 347 g/mol. The maximum absolute atomic E-state index is 12.8. The van der Waals surface area contributed by atoms with E-state index in [-0.39, 0.29) is 24.3 Å². The van der Waals surface area contributed by atoms with Crippen molar-refractivity contribution in [2.75, 3.05) is 13.2 Å². The third-order valence-electron chi connectivity index (χ3n) is 4.37. The van der Waals surface area contributed by atoms with Crippen LogP contribution in [0.5, 0.6) is 0 Å². The van der Waals surface area contributed by atoms with Crippen LogP contribution in [0.1, 0.15) is 68.2 Å². The first-order chi connectivity index (χ1) is 11.8. The van der Waals surface area contributed by atoms with Crippen LogP contribution in [0, 0.1) is 18.8 Å². The van der Waals surface area contributed by atoms with Gasteiger partial charge in [0.05, 0.1) is 16.6 Å². The number of fused-ring (bicyclic) bond motifs is 1. The number of aliphatic hydroxyl groups excluding tert-OH is 1. The minimum absolute atomic E-state index is 0.134. The smallest absolute Gasteiger partial charge is 0.259 e. The number of hydrogen-bond donors (Lipinski definition) is 2. The van der Waals surface area contributed by atoms with Crippen molar-refractivity contribution in [3.05, 3.63) is 23.0 Å². The molecule has 25 heavy (non-hydrogen) atoms. The highest BCUT2D eigenvalue weighted by Gasteiger charge is 2.20. The van der Waals surface area contributed by atoms with Gasteiger partial charge >= 0.3 is 0 Å². The van der Waals surface area contributed by atoms with Gasteiger partial charge in [0, 0.05) is 18.8 Å². The van der Waals surface area contributed by atoms with Crippen LogP contribution >= 0.6 is 0 Å². The lowest BCUT2D eigenvalue weighted by atomic mass is 9.94. The van der Waals surface area contributed by atoms with E-state index in [1.165, 1.54) is 0 Å². The molecule has 6 nitrogen and oxygen atoms in total. The average Bonchev–Trinajstić information content (AvgIpc) is 2.92. The molecule has 0 aliphatic carbocycles. The fourth-order valence-electron chi connectivity index (χ4n) is 3.07. The van der Waals surface area contributed by atoms with Gasteiger partial charge in [0.1, 0.15) is 0 Å². The van der Waals surface area contributed by atoms with Crippen LogP contribution in [0.3, 0.4) is 0 Å². The van der Waals surface area contributed by atoms with Gasteiger partial charge in [-0.05, 0) is 43.6 Å². The molecular weight excluding hydrogens is 318 g/mol. The van der Waals surface area contributed by atoms with Gasteiger partial charge in [-0.1, -0.05) is 32.9 Å². The highest BCUT2D eigenvalue weighted by atomic mass is 16.5. The molecule has 2 N–H and O–H groups in total. The van der Waals surface area contributed by atoms with Gasteiger partial charge in [-0.15, -0.1) is 0 Å². The van der Waals surface area contributed by atoms with Gasteiger partial charge in [-0.25, -0.2) is 4.98 Å². The molecule has 2 heterocycles. The molecule has 0 radical (unpaired) electrons. The first kappa shape index (κ1) is 19.4. The molecule has 0 saturated carbocycles. The number of amides is 1. The summed E-state index contributed by atoms with van der Waals surface area (Å²) in [6, 6.07) is 1.83. The predicted octanol–water partition coefficient (Wildman–Crippen LogP) is 3.43. The molecule has 0 aliphatic heterocycles. The molecular formula is C19H29N3O3. The molecule has 2 rings (SSSR count). The Morgan fingerprint density at radius 1 is 1.32 bits per heavy atom. The topological polar surface area (TPSA) is 88.2 Å². The summed E-state index contributed by atoms with van der Waals surface area (Å²) in [5, 5.41) is 16.9. The number of pyridine rings is 1. The van der Waals surface area contributed by atoms with Crippen molar-refractivity contribution in [3.63, 3.8) is 0 Å². The summed E-state index contributed by atoms with van der Waals surface area (Å²) in [5.74, 6) is 0.824. The van der Waals surface area contributed by atoms with E-state index >= 15 is 0 Å². The standard InChI is InChI=1S/C19H29N3O3/c1-11(2)8-14(6-7-23)10-20-18(24)15-9-16(12(3)4)21-19-17(15)13(5)22-25-19/h9,11-12,14,23H,6-8,10H2,1-5H3,(H,20,24). The van der Waals surface area contributed by atoms with Gasteiger partial charge in [0.25, 0.3) is 11.6 Å². The minimum atomic E-state index is -0.146. The predicted molar refractivity (Wildman–Crippen MR) is 97.6 cm³/mol. The van der Waals surface area contributed by atoms with E-state index in [2.05, 4.69) is 29.3 Å². The van der Waals surface area contributed by atoms with E-state index in [0.717, 1.165) is 12.1 Å². The van der Waals surface area contributed by atoms with Gasteiger partial charge in [0.2, 0.25) is 0 Å². The Bertz CT molecular complexity index is 722. The number of rotatable bonds is 8. The number of nitrogens with one attached hydrogen (secondary N) is 1. The number of hydrogen-bond acceptors (Lipinski definition) is 5. The Kier molecular flexibility index (Phi) is 6.53. The summed E-state index contributed by atoms with van der Waals surface area (Å²) in [6.45, 7) is 10.8. The van der Waals surface area contributed by atoms with Crippen molar-refractivity contribution in [2.45, 2.75) is 53.4 Å². The molecule has 1 amide bonds. The fraction of sp³-hybridized carbons (Fsp3) is 0.632. The van der Waals surface area contributed by atoms with Crippen molar-refractivity contribution in [1.29, 1.82) is 0 Å². The number of nitrogens with zero attached hydrogens (tertiary/aromatic N) is 2. The molecule has 2 aromatic rings. The van der Waals surface area contributed by atoms with Crippen LogP contribution < -0.4 is 5.32 Å². The number of aliphatic hydroxyl groups is 1. The van der Waals surface area contributed by atoms with Crippen molar-refractivity contribution in [1.82, 2.24) is 15.5 Å². The summed E-state index contributed by atoms with van der Waals surface area (Å²) in [4.78, 5) is 17.3. The quantitative estimate of drug-likeness (QED) is 0.764. The first-order valence-electron chi connectivity index (χ1n) is 8.99. The maximum atomic E-state index is 12.8. The molecule has 0 spiro atoms. The van der Waals surface area contributed by atoms with Crippen LogP contribution in [0.15, 0.2) is 10.6 Å². The fourth-order valence-corrected chi connectivity index (χ4v) is 3.07. The zero-order valence-electron chi connectivity index (χ0n) is 15.8. The average molecular weight is 347 g/mol. The second kappa shape index (κ2) is 8.43. The van der Waals surface area contributed by atoms with Crippen molar-refractivity contribution in [3.8, 4) is 0 Å². The lowest BCUT2D eigenvalue weighted by Gasteiger charge is -2.19. The summed E-state index contributed by atoms with van der Waals surface area (Å²) in [7, 11) is 0. The normalized spacial score (nSPS) is 13.0. The molecule has 0 fully saturated rings. The molecule has 0 aromatic carbocycles. The summed E-state index contributed by atoms with van der Waals surface area (Å²) in [6.07, 6.45) is 1.66. The van der Waals surface area contributed by atoms with Gasteiger partial charge in [-0.2, -0.15) is 0 Å². The number of carbonyl (C=O) groups is 1. The van der Waals surface area contributed by atoms with Gasteiger partial charge in [0.15, 0.2) is 0 Å². The van der Waals surface area contributed by atoms with E-state index < -0.39 is 0 Å². The van der Waals surface area contributed by atoms with Crippen LogP contribution in [0.25, 0.3) is 11.1 Å². The molecule has 1 atom stereocenters. The van der Waals surface area contributed by atoms with Gasteiger partial charge < -0.3 is 14.9 Å². The lowest BCUT2D eigenvalue weighted by molar-refractivity contribution is 0.0942. The molecule has 138 valence electrons. The van der Waals surface area contributed by atoms with Crippen molar-refractivity contribution < 1.29 is 14.4 Å². The highest BCUT2D eigenvalue weighted by molar-refractivity contribution is 6.06. The Labute approximate surface area is 149 Å². The van der Waals surface area contributed by atoms with E-state index in [0.29, 0.717) is 41.2 Å². The third-order valence-corrected chi connectivity index (χ3v) is 4.37. The van der Waals surface area contributed by atoms with Crippen LogP contribution in [0.4, 0.5) is 0 Å². The summed E-state index contributed by atoms with van der Waals surface area (Å²) >= 11 is 0. The largest absolute Gasteiger partial charge is 0.396 e. The molecule has 0 bridgehead atoms. The molecule has 1 unspecified atom stereocenters. The van der Waals surface area contributed by atoms with E-state index in [1.54, 1.807) is 0 Å². The Morgan fingerprint density at radius 2 is 2.04 bits per heavy atom. The summed E-state index contributed by atoms with van der Waals surface area (Å²) in [5.41, 5.74) is 2.43. The first-order valence-corrected chi connectivity index (χ1v) is 8.99. The zero-order valence-corrected chi connectivity index (χ0v) is 15.8. The van der Waals surface area contributed by atoms with Crippen LogP contribution in [0.2, 0.25) is 0 Å². The second-order valence-corrected chi connectivity index (χ2v) is 7.42. The van der Waals surface area contributed by atoms with Crippen molar-refractivity contribution >= 4 is 17.0 Å². The number of carbonyl (C=O) groups excluding carboxylic acids is 1. The van der Waals surface area contributed by atoms with Crippen LogP contribution in [-0.4, -0.2) is 34.3 Å². The lowest BCUT2D eigenvalue weighted by Crippen LogP contribution is -2.30. The number of aromatic nitrogens is 2. The van der Waals surface area contributed by atoms with Gasteiger partial charge in [-0.3, -0.25) is 4.79 Å². The van der Waals surface area contributed by atoms with E-state index in [1.807, 2.05) is 26.8 Å². The highest BCUT2D eigenvalue weighted by Crippen LogP contribution is 2.25. The maximum Gasteiger partial charge on any atom is 0.259 e. The molecule has 0 aliphatic rings.